The van der Waals surface area contributed by atoms with Gasteiger partial charge in [-0.2, -0.15) is 0 Å². The predicted molar refractivity (Wildman–Crippen MR) is 95.2 cm³/mol. The van der Waals surface area contributed by atoms with Gasteiger partial charge in [0, 0.05) is 12.5 Å². The third kappa shape index (κ3) is 4.69. The van der Waals surface area contributed by atoms with Crippen molar-refractivity contribution in [3.05, 3.63) is 52.8 Å². The average molecular weight is 350 g/mol. The molecule has 6 heteroatoms. The van der Waals surface area contributed by atoms with Crippen molar-refractivity contribution in [2.75, 3.05) is 12.8 Å². The zero-order valence-electron chi connectivity index (χ0n) is 13.4. The summed E-state index contributed by atoms with van der Waals surface area (Å²) < 4.78 is 0. The molecule has 2 rings (SSSR count). The lowest BCUT2D eigenvalue weighted by molar-refractivity contribution is 0.0943. The van der Waals surface area contributed by atoms with E-state index in [1.807, 2.05) is 24.5 Å². The van der Waals surface area contributed by atoms with E-state index in [0.717, 1.165) is 0 Å². The first-order chi connectivity index (χ1) is 11.0. The van der Waals surface area contributed by atoms with Crippen molar-refractivity contribution in [1.82, 2.24) is 15.3 Å². The van der Waals surface area contributed by atoms with Crippen LogP contribution < -0.4 is 5.32 Å². The first-order valence-corrected chi connectivity index (χ1v) is 9.03. The van der Waals surface area contributed by atoms with Gasteiger partial charge in [-0.1, -0.05) is 67.5 Å². The van der Waals surface area contributed by atoms with Crippen molar-refractivity contribution >= 4 is 29.3 Å². The topological polar surface area (TPSA) is 54.9 Å². The molecule has 0 spiro atoms. The molecule has 1 aromatic carbocycles. The summed E-state index contributed by atoms with van der Waals surface area (Å²) in [6.07, 6.45) is 3.32. The van der Waals surface area contributed by atoms with Gasteiger partial charge in [-0.05, 0) is 17.7 Å². The van der Waals surface area contributed by atoms with Crippen molar-refractivity contribution in [1.29, 1.82) is 0 Å². The van der Waals surface area contributed by atoms with E-state index in [4.69, 9.17) is 11.6 Å². The van der Waals surface area contributed by atoms with E-state index < -0.39 is 0 Å². The molecule has 0 bridgehead atoms. The maximum atomic E-state index is 12.4. The summed E-state index contributed by atoms with van der Waals surface area (Å²) in [5, 5.41) is 3.74. The van der Waals surface area contributed by atoms with Crippen LogP contribution in [0.2, 0.25) is 5.02 Å². The minimum Gasteiger partial charge on any atom is -0.350 e. The molecule has 1 unspecified atom stereocenters. The summed E-state index contributed by atoms with van der Waals surface area (Å²) in [5.74, 6) is 0.371. The van der Waals surface area contributed by atoms with Crippen LogP contribution in [-0.4, -0.2) is 28.7 Å². The molecule has 0 saturated heterocycles. The molecule has 4 nitrogen and oxygen atoms in total. The molecule has 0 aliphatic heterocycles. The molecule has 1 N–H and O–H groups in total. The fourth-order valence-electron chi connectivity index (χ4n) is 2.33. The van der Waals surface area contributed by atoms with Crippen LogP contribution in [0.3, 0.4) is 0 Å². The summed E-state index contributed by atoms with van der Waals surface area (Å²) in [5.41, 5.74) is 1.43. The highest BCUT2D eigenvalue weighted by molar-refractivity contribution is 7.98. The molecule has 0 fully saturated rings. The highest BCUT2D eigenvalue weighted by Crippen LogP contribution is 2.24. The predicted octanol–water partition coefficient (Wildman–Crippen LogP) is 4.02. The summed E-state index contributed by atoms with van der Waals surface area (Å²) in [7, 11) is 0. The van der Waals surface area contributed by atoms with Gasteiger partial charge in [0.25, 0.3) is 5.91 Å². The fraction of sp³-hybridized carbons (Fsp3) is 0.353. The Morgan fingerprint density at radius 1 is 1.30 bits per heavy atom. The van der Waals surface area contributed by atoms with E-state index in [-0.39, 0.29) is 22.5 Å². The zero-order chi connectivity index (χ0) is 16.8. The van der Waals surface area contributed by atoms with Crippen LogP contribution >= 0.6 is 23.4 Å². The molecule has 0 radical (unpaired) electrons. The van der Waals surface area contributed by atoms with Crippen molar-refractivity contribution in [2.45, 2.75) is 24.9 Å². The van der Waals surface area contributed by atoms with Crippen LogP contribution in [0.4, 0.5) is 0 Å². The molecule has 23 heavy (non-hydrogen) atoms. The molecule has 2 aromatic rings. The lowest BCUT2D eigenvalue weighted by Crippen LogP contribution is -2.31. The van der Waals surface area contributed by atoms with Crippen molar-refractivity contribution in [2.24, 2.45) is 5.92 Å². The first-order valence-electron chi connectivity index (χ1n) is 7.42. The number of benzene rings is 1. The summed E-state index contributed by atoms with van der Waals surface area (Å²) in [4.78, 5) is 20.6. The summed E-state index contributed by atoms with van der Waals surface area (Å²) in [6.45, 7) is 4.83. The van der Waals surface area contributed by atoms with Crippen LogP contribution in [-0.2, 0) is 0 Å². The number of nitrogens with zero attached hydrogens (tertiary/aromatic N) is 2. The SMILES string of the molecule is CSc1ncc(Cl)c(C(=O)NCC(c2ccccc2)C(C)C)n1. The third-order valence-corrected chi connectivity index (χ3v) is 4.47. The van der Waals surface area contributed by atoms with Crippen LogP contribution in [0.1, 0.15) is 35.8 Å². The Labute approximate surface area is 146 Å². The number of nitrogens with one attached hydrogen (secondary N) is 1. The Morgan fingerprint density at radius 2 is 2.00 bits per heavy atom. The molecular formula is C17H20ClN3OS. The largest absolute Gasteiger partial charge is 0.350 e. The third-order valence-electron chi connectivity index (χ3n) is 3.63. The smallest absolute Gasteiger partial charge is 0.271 e. The molecular weight excluding hydrogens is 330 g/mol. The van der Waals surface area contributed by atoms with Gasteiger partial charge >= 0.3 is 0 Å². The highest BCUT2D eigenvalue weighted by Gasteiger charge is 2.19. The van der Waals surface area contributed by atoms with Gasteiger partial charge in [0.15, 0.2) is 10.9 Å². The Bertz CT molecular complexity index is 664. The van der Waals surface area contributed by atoms with E-state index in [9.17, 15) is 4.79 Å². The highest BCUT2D eigenvalue weighted by atomic mass is 35.5. The number of rotatable bonds is 6. The number of hydrogen-bond acceptors (Lipinski definition) is 4. The molecule has 1 atom stereocenters. The fourth-order valence-corrected chi connectivity index (χ4v) is 2.85. The minimum absolute atomic E-state index is 0.224. The molecule has 122 valence electrons. The van der Waals surface area contributed by atoms with Crippen LogP contribution in [0, 0.1) is 5.92 Å². The Kier molecular flexibility index (Phi) is 6.42. The summed E-state index contributed by atoms with van der Waals surface area (Å²) in [6, 6.07) is 10.2. The molecule has 1 aromatic heterocycles. The van der Waals surface area contributed by atoms with Gasteiger partial charge in [-0.3, -0.25) is 4.79 Å². The average Bonchev–Trinajstić information content (AvgIpc) is 2.56. The second-order valence-electron chi connectivity index (χ2n) is 5.52. The molecule has 0 aliphatic rings. The van der Waals surface area contributed by atoms with E-state index in [1.54, 1.807) is 0 Å². The molecule has 1 amide bonds. The number of amides is 1. The minimum atomic E-state index is -0.269. The van der Waals surface area contributed by atoms with Crippen LogP contribution in [0.5, 0.6) is 0 Å². The van der Waals surface area contributed by atoms with Gasteiger partial charge in [-0.25, -0.2) is 9.97 Å². The Morgan fingerprint density at radius 3 is 2.61 bits per heavy atom. The molecule has 0 aliphatic carbocycles. The standard InChI is InChI=1S/C17H20ClN3OS/c1-11(2)13(12-7-5-4-6-8-12)9-19-16(22)15-14(18)10-20-17(21-15)23-3/h4-8,10-11,13H,9H2,1-3H3,(H,19,22). The van der Waals surface area contributed by atoms with E-state index in [0.29, 0.717) is 17.6 Å². The monoisotopic (exact) mass is 349 g/mol. The van der Waals surface area contributed by atoms with Crippen molar-refractivity contribution < 1.29 is 4.79 Å². The van der Waals surface area contributed by atoms with Crippen LogP contribution in [0.15, 0.2) is 41.7 Å². The lowest BCUT2D eigenvalue weighted by Gasteiger charge is -2.22. The Hall–Kier alpha value is -1.59. The number of carbonyl (C=O) groups is 1. The maximum Gasteiger partial charge on any atom is 0.271 e. The van der Waals surface area contributed by atoms with Gasteiger partial charge < -0.3 is 5.32 Å². The van der Waals surface area contributed by atoms with E-state index in [1.165, 1.54) is 23.5 Å². The molecule has 0 saturated carbocycles. The Balaban J connectivity index is 2.11. The second-order valence-corrected chi connectivity index (χ2v) is 6.71. The van der Waals surface area contributed by atoms with E-state index >= 15 is 0 Å². The number of thioether (sulfide) groups is 1. The maximum absolute atomic E-state index is 12.4. The number of hydrogen-bond donors (Lipinski definition) is 1. The normalized spacial score (nSPS) is 12.2. The quantitative estimate of drug-likeness (QED) is 0.632. The van der Waals surface area contributed by atoms with Gasteiger partial charge in [0.05, 0.1) is 11.2 Å². The van der Waals surface area contributed by atoms with Gasteiger partial charge in [0.1, 0.15) is 0 Å². The molecule has 1 heterocycles. The number of halogens is 1. The zero-order valence-corrected chi connectivity index (χ0v) is 15.0. The van der Waals surface area contributed by atoms with Crippen molar-refractivity contribution in [3.63, 3.8) is 0 Å². The lowest BCUT2D eigenvalue weighted by atomic mass is 9.88. The summed E-state index contributed by atoms with van der Waals surface area (Å²) >= 11 is 7.42. The van der Waals surface area contributed by atoms with Crippen molar-refractivity contribution in [3.8, 4) is 0 Å². The van der Waals surface area contributed by atoms with Gasteiger partial charge in [-0.15, -0.1) is 0 Å². The second kappa shape index (κ2) is 8.31. The first kappa shape index (κ1) is 17.8. The van der Waals surface area contributed by atoms with E-state index in [2.05, 4.69) is 41.3 Å². The van der Waals surface area contributed by atoms with Gasteiger partial charge in [0.2, 0.25) is 0 Å². The number of carbonyl (C=O) groups excluding carboxylic acids is 1. The number of aromatic nitrogens is 2. The van der Waals surface area contributed by atoms with Crippen LogP contribution in [0.25, 0.3) is 0 Å².